The normalized spacial score (nSPS) is 26.3. The Morgan fingerprint density at radius 3 is 2.70 bits per heavy atom. The molecule has 1 aliphatic carbocycles. The van der Waals surface area contributed by atoms with E-state index in [0.717, 1.165) is 45.3 Å². The van der Waals surface area contributed by atoms with Gasteiger partial charge >= 0.3 is 0 Å². The van der Waals surface area contributed by atoms with Gasteiger partial charge in [0.25, 0.3) is 0 Å². The molecule has 3 fully saturated rings. The minimum absolute atomic E-state index is 0.170. The lowest BCUT2D eigenvalue weighted by Gasteiger charge is -2.39. The van der Waals surface area contributed by atoms with Crippen LogP contribution in [-0.2, 0) is 16.1 Å². The number of methoxy groups -OCH3 is 1. The van der Waals surface area contributed by atoms with Gasteiger partial charge in [-0.1, -0.05) is 12.8 Å². The first kappa shape index (κ1) is 18.9. The van der Waals surface area contributed by atoms with Crippen LogP contribution in [0.15, 0.2) is 4.42 Å². The highest BCUT2D eigenvalue weighted by Crippen LogP contribution is 2.48. The number of carbonyl (C=O) groups excluding carboxylic acids is 1. The van der Waals surface area contributed by atoms with Gasteiger partial charge in [-0.25, -0.2) is 0 Å². The van der Waals surface area contributed by atoms with E-state index in [1.54, 1.807) is 7.11 Å². The van der Waals surface area contributed by atoms with Crippen LogP contribution in [-0.4, -0.2) is 59.7 Å². The number of likely N-dealkylation sites (tertiary alicyclic amines) is 2. The number of piperidine rings is 1. The summed E-state index contributed by atoms with van der Waals surface area (Å²) in [5.41, 5.74) is 0.263. The molecule has 2 aliphatic heterocycles. The van der Waals surface area contributed by atoms with E-state index < -0.39 is 0 Å². The predicted molar refractivity (Wildman–Crippen MR) is 99.8 cm³/mol. The minimum atomic E-state index is 0.170. The lowest BCUT2D eigenvalue weighted by Crippen LogP contribution is -2.44. The van der Waals surface area contributed by atoms with E-state index in [1.807, 2.05) is 0 Å². The van der Waals surface area contributed by atoms with E-state index in [2.05, 4.69) is 27.0 Å². The van der Waals surface area contributed by atoms with Crippen molar-refractivity contribution in [3.63, 3.8) is 0 Å². The molecule has 7 heteroatoms. The molecule has 2 saturated heterocycles. The average Bonchev–Trinajstić information content (AvgIpc) is 3.38. The van der Waals surface area contributed by atoms with E-state index in [9.17, 15) is 4.79 Å². The summed E-state index contributed by atoms with van der Waals surface area (Å²) < 4.78 is 10.9. The van der Waals surface area contributed by atoms with Crippen LogP contribution in [0.4, 0.5) is 0 Å². The summed E-state index contributed by atoms with van der Waals surface area (Å²) in [5, 5.41) is 8.32. The molecule has 27 heavy (non-hydrogen) atoms. The molecule has 1 atom stereocenters. The number of ether oxygens (including phenoxy) is 1. The largest absolute Gasteiger partial charge is 0.421 e. The summed E-state index contributed by atoms with van der Waals surface area (Å²) >= 11 is 0. The summed E-state index contributed by atoms with van der Waals surface area (Å²) in [6, 6.07) is 0.170. The monoisotopic (exact) mass is 376 g/mol. The van der Waals surface area contributed by atoms with Crippen molar-refractivity contribution >= 4 is 5.91 Å². The zero-order valence-corrected chi connectivity index (χ0v) is 16.7. The van der Waals surface area contributed by atoms with Gasteiger partial charge in [-0.15, -0.1) is 10.2 Å². The van der Waals surface area contributed by atoms with Crippen LogP contribution in [0.1, 0.15) is 69.2 Å². The lowest BCUT2D eigenvalue weighted by molar-refractivity contribution is -0.134. The number of hydrogen-bond donors (Lipinski definition) is 0. The molecule has 0 radical (unpaired) electrons. The Hall–Kier alpha value is -1.47. The lowest BCUT2D eigenvalue weighted by atomic mass is 9.76. The molecule has 1 unspecified atom stereocenters. The van der Waals surface area contributed by atoms with Gasteiger partial charge in [-0.3, -0.25) is 9.69 Å². The Labute approximate surface area is 161 Å². The van der Waals surface area contributed by atoms with Crippen LogP contribution in [0, 0.1) is 11.3 Å². The maximum absolute atomic E-state index is 12.6. The smallest absolute Gasteiger partial charge is 0.242 e. The van der Waals surface area contributed by atoms with Gasteiger partial charge in [-0.2, -0.15) is 0 Å². The molecule has 3 heterocycles. The van der Waals surface area contributed by atoms with Crippen molar-refractivity contribution in [2.24, 2.45) is 11.3 Å². The fraction of sp³-hybridized carbons (Fsp3) is 0.850. The van der Waals surface area contributed by atoms with E-state index >= 15 is 0 Å². The second kappa shape index (κ2) is 7.87. The topological polar surface area (TPSA) is 71.7 Å². The molecule has 4 rings (SSSR count). The molecule has 1 spiro atoms. The molecule has 0 aromatic carbocycles. The molecule has 1 saturated carbocycles. The maximum Gasteiger partial charge on any atom is 0.242 e. The van der Waals surface area contributed by atoms with E-state index in [-0.39, 0.29) is 11.5 Å². The summed E-state index contributed by atoms with van der Waals surface area (Å²) in [6.45, 7) is 3.17. The van der Waals surface area contributed by atoms with Crippen LogP contribution in [0.25, 0.3) is 0 Å². The number of hydrogen-bond acceptors (Lipinski definition) is 6. The molecule has 0 N–H and O–H groups in total. The standard InChI is InChI=1S/C20H32N4O3/c1-23-14-20(12-16(23)19-22-21-17(27-19)13-26-2)7-9-24(10-8-20)18(25)11-15-5-3-4-6-15/h15-16H,3-14H2,1-2H3. The molecule has 1 aromatic heterocycles. The predicted octanol–water partition coefficient (Wildman–Crippen LogP) is 2.78. The Balaban J connectivity index is 1.33. The molecular formula is C20H32N4O3. The number of rotatable bonds is 5. The van der Waals surface area contributed by atoms with Gasteiger partial charge < -0.3 is 14.1 Å². The Morgan fingerprint density at radius 2 is 2.00 bits per heavy atom. The zero-order valence-electron chi connectivity index (χ0n) is 16.7. The third kappa shape index (κ3) is 4.04. The van der Waals surface area contributed by atoms with Crippen LogP contribution < -0.4 is 0 Å². The fourth-order valence-corrected chi connectivity index (χ4v) is 5.31. The first-order chi connectivity index (χ1) is 13.1. The average molecular weight is 377 g/mol. The van der Waals surface area contributed by atoms with Crippen molar-refractivity contribution in [1.29, 1.82) is 0 Å². The highest BCUT2D eigenvalue weighted by atomic mass is 16.5. The van der Waals surface area contributed by atoms with E-state index in [1.165, 1.54) is 25.7 Å². The number of aromatic nitrogens is 2. The number of nitrogens with zero attached hydrogens (tertiary/aromatic N) is 4. The molecule has 7 nitrogen and oxygen atoms in total. The second-order valence-corrected chi connectivity index (χ2v) is 8.84. The van der Waals surface area contributed by atoms with Crippen molar-refractivity contribution in [2.45, 2.75) is 64.0 Å². The number of amides is 1. The van der Waals surface area contributed by atoms with Crippen molar-refractivity contribution in [3.05, 3.63) is 11.8 Å². The number of carbonyl (C=O) groups is 1. The molecular weight excluding hydrogens is 344 g/mol. The molecule has 0 bridgehead atoms. The zero-order chi connectivity index (χ0) is 18.9. The van der Waals surface area contributed by atoms with Crippen LogP contribution in [0.2, 0.25) is 0 Å². The first-order valence-electron chi connectivity index (χ1n) is 10.4. The van der Waals surface area contributed by atoms with Gasteiger partial charge in [0.05, 0.1) is 6.04 Å². The second-order valence-electron chi connectivity index (χ2n) is 8.84. The molecule has 1 aromatic rings. The Kier molecular flexibility index (Phi) is 5.50. The third-order valence-corrected chi connectivity index (χ3v) is 6.89. The summed E-state index contributed by atoms with van der Waals surface area (Å²) in [4.78, 5) is 17.1. The fourth-order valence-electron chi connectivity index (χ4n) is 5.31. The van der Waals surface area contributed by atoms with Crippen molar-refractivity contribution < 1.29 is 13.9 Å². The molecule has 150 valence electrons. The van der Waals surface area contributed by atoms with Gasteiger partial charge in [0, 0.05) is 33.2 Å². The minimum Gasteiger partial charge on any atom is -0.421 e. The van der Waals surface area contributed by atoms with Gasteiger partial charge in [0.15, 0.2) is 0 Å². The van der Waals surface area contributed by atoms with Crippen LogP contribution in [0.3, 0.4) is 0 Å². The Morgan fingerprint density at radius 1 is 1.26 bits per heavy atom. The van der Waals surface area contributed by atoms with Gasteiger partial charge in [-0.05, 0) is 50.5 Å². The van der Waals surface area contributed by atoms with Crippen LogP contribution in [0.5, 0.6) is 0 Å². The van der Waals surface area contributed by atoms with Crippen molar-refractivity contribution in [3.8, 4) is 0 Å². The summed E-state index contributed by atoms with van der Waals surface area (Å²) in [7, 11) is 3.76. The van der Waals surface area contributed by atoms with Crippen LogP contribution >= 0.6 is 0 Å². The quantitative estimate of drug-likeness (QED) is 0.787. The highest BCUT2D eigenvalue weighted by molar-refractivity contribution is 5.76. The van der Waals surface area contributed by atoms with Crippen molar-refractivity contribution in [1.82, 2.24) is 20.0 Å². The maximum atomic E-state index is 12.6. The first-order valence-corrected chi connectivity index (χ1v) is 10.4. The summed E-state index contributed by atoms with van der Waals surface area (Å²) in [5.74, 6) is 2.24. The highest BCUT2D eigenvalue weighted by Gasteiger charge is 2.47. The van der Waals surface area contributed by atoms with Gasteiger partial charge in [0.2, 0.25) is 17.7 Å². The Bertz CT molecular complexity index is 647. The SMILES string of the molecule is COCc1nnc(C2CC3(CCN(C(=O)CC4CCCC4)CC3)CN2C)o1. The van der Waals surface area contributed by atoms with Gasteiger partial charge in [0.1, 0.15) is 6.61 Å². The van der Waals surface area contributed by atoms with E-state index in [4.69, 9.17) is 9.15 Å². The molecule has 1 amide bonds. The summed E-state index contributed by atoms with van der Waals surface area (Å²) in [6.07, 6.45) is 9.03. The third-order valence-electron chi connectivity index (χ3n) is 6.89. The molecule has 3 aliphatic rings. The van der Waals surface area contributed by atoms with Crippen molar-refractivity contribution in [2.75, 3.05) is 33.8 Å². The van der Waals surface area contributed by atoms with E-state index in [0.29, 0.717) is 30.2 Å².